The van der Waals surface area contributed by atoms with Crippen LogP contribution >= 0.6 is 0 Å². The van der Waals surface area contributed by atoms with Gasteiger partial charge in [0.1, 0.15) is 0 Å². The summed E-state index contributed by atoms with van der Waals surface area (Å²) in [4.78, 5) is 2.46. The van der Waals surface area contributed by atoms with Crippen LogP contribution in [0.15, 0.2) is 0 Å². The first-order valence-electron chi connectivity index (χ1n) is 5.39. The fraction of sp³-hybridized carbons (Fsp3) is 1.00. The van der Waals surface area contributed by atoms with E-state index in [0.29, 0.717) is 12.0 Å². The Balaban J connectivity index is 2.20. The predicted molar refractivity (Wildman–Crippen MR) is 55.8 cm³/mol. The highest BCUT2D eigenvalue weighted by Gasteiger charge is 2.40. The van der Waals surface area contributed by atoms with E-state index in [9.17, 15) is 0 Å². The summed E-state index contributed by atoms with van der Waals surface area (Å²) in [6.45, 7) is 6.17. The monoisotopic (exact) mass is 185 g/mol. The molecule has 1 saturated carbocycles. The molecule has 13 heavy (non-hydrogen) atoms. The second-order valence-electron chi connectivity index (χ2n) is 4.95. The van der Waals surface area contributed by atoms with E-state index in [0.717, 1.165) is 25.4 Å². The van der Waals surface area contributed by atoms with Crippen molar-refractivity contribution in [3.8, 4) is 0 Å². The van der Waals surface area contributed by atoms with E-state index >= 15 is 0 Å². The highest BCUT2D eigenvalue weighted by Crippen LogP contribution is 2.42. The van der Waals surface area contributed by atoms with Crippen molar-refractivity contribution in [2.24, 2.45) is 5.41 Å². The molecule has 2 nitrogen and oxygen atoms in total. The van der Waals surface area contributed by atoms with Crippen LogP contribution in [-0.4, -0.2) is 36.2 Å². The number of aliphatic hydroxyl groups excluding tert-OH is 1. The Morgan fingerprint density at radius 3 is 2.46 bits per heavy atom. The Bertz CT molecular complexity index is 156. The minimum absolute atomic E-state index is 0.335. The van der Waals surface area contributed by atoms with Gasteiger partial charge in [0.05, 0.1) is 0 Å². The molecule has 0 bridgehead atoms. The van der Waals surface area contributed by atoms with Crippen molar-refractivity contribution >= 4 is 0 Å². The first-order valence-corrected chi connectivity index (χ1v) is 5.39. The van der Waals surface area contributed by atoms with Crippen molar-refractivity contribution in [3.63, 3.8) is 0 Å². The fourth-order valence-corrected chi connectivity index (χ4v) is 2.30. The van der Waals surface area contributed by atoms with Gasteiger partial charge in [0.15, 0.2) is 0 Å². The second kappa shape index (κ2) is 4.43. The van der Waals surface area contributed by atoms with Crippen molar-refractivity contribution in [2.45, 2.75) is 45.6 Å². The van der Waals surface area contributed by atoms with Crippen molar-refractivity contribution < 1.29 is 5.11 Å². The fourth-order valence-electron chi connectivity index (χ4n) is 2.30. The molecule has 1 unspecified atom stereocenters. The number of unbranched alkanes of at least 4 members (excludes halogenated alkanes) is 1. The van der Waals surface area contributed by atoms with E-state index in [1.807, 2.05) is 0 Å². The molecule has 0 radical (unpaired) electrons. The summed E-state index contributed by atoms with van der Waals surface area (Å²) in [5.74, 6) is 0. The Morgan fingerprint density at radius 1 is 1.38 bits per heavy atom. The van der Waals surface area contributed by atoms with Gasteiger partial charge in [-0.05, 0) is 44.7 Å². The molecule has 0 aromatic rings. The quantitative estimate of drug-likeness (QED) is 0.661. The zero-order valence-corrected chi connectivity index (χ0v) is 9.21. The summed E-state index contributed by atoms with van der Waals surface area (Å²) < 4.78 is 0. The van der Waals surface area contributed by atoms with E-state index in [-0.39, 0.29) is 0 Å². The van der Waals surface area contributed by atoms with E-state index in [4.69, 9.17) is 5.11 Å². The normalized spacial score (nSPS) is 26.1. The largest absolute Gasteiger partial charge is 0.396 e. The number of nitrogens with zero attached hydrogens (tertiary/aromatic N) is 1. The van der Waals surface area contributed by atoms with Gasteiger partial charge in [-0.2, -0.15) is 0 Å². The second-order valence-corrected chi connectivity index (χ2v) is 4.95. The maximum Gasteiger partial charge on any atom is 0.0431 e. The minimum Gasteiger partial charge on any atom is -0.396 e. The number of hydrogen-bond donors (Lipinski definition) is 1. The van der Waals surface area contributed by atoms with Gasteiger partial charge in [0.25, 0.3) is 0 Å². The molecule has 1 N–H and O–H groups in total. The number of rotatable bonds is 5. The standard InChI is InChI=1S/C11H23NO/c1-11(2)7-6-10(11)12(3)8-4-5-9-13/h10,13H,4-9H2,1-3H3. The summed E-state index contributed by atoms with van der Waals surface area (Å²) in [5.41, 5.74) is 0.522. The third kappa shape index (κ3) is 2.68. The molecule has 0 spiro atoms. The molecule has 0 aromatic heterocycles. The Hall–Kier alpha value is -0.0800. The lowest BCUT2D eigenvalue weighted by molar-refractivity contribution is 0.0148. The number of aliphatic hydroxyl groups is 1. The van der Waals surface area contributed by atoms with Crippen LogP contribution in [0, 0.1) is 5.41 Å². The third-order valence-corrected chi connectivity index (χ3v) is 3.42. The van der Waals surface area contributed by atoms with E-state index in [2.05, 4.69) is 25.8 Å². The molecule has 78 valence electrons. The van der Waals surface area contributed by atoms with Crippen LogP contribution in [0.25, 0.3) is 0 Å². The van der Waals surface area contributed by atoms with Gasteiger partial charge in [-0.3, -0.25) is 0 Å². The van der Waals surface area contributed by atoms with Gasteiger partial charge in [0.2, 0.25) is 0 Å². The lowest BCUT2D eigenvalue weighted by atomic mass is 9.66. The molecule has 1 aliphatic carbocycles. The van der Waals surface area contributed by atoms with Gasteiger partial charge >= 0.3 is 0 Å². The van der Waals surface area contributed by atoms with Crippen LogP contribution in [0.4, 0.5) is 0 Å². The Morgan fingerprint density at radius 2 is 2.08 bits per heavy atom. The lowest BCUT2D eigenvalue weighted by Gasteiger charge is -2.49. The highest BCUT2D eigenvalue weighted by molar-refractivity contribution is 4.94. The first kappa shape index (κ1) is 11.0. The SMILES string of the molecule is CN(CCCCO)C1CCC1(C)C. The highest BCUT2D eigenvalue weighted by atomic mass is 16.2. The molecule has 1 rings (SSSR count). The van der Waals surface area contributed by atoms with Gasteiger partial charge < -0.3 is 10.0 Å². The minimum atomic E-state index is 0.335. The first-order chi connectivity index (χ1) is 6.08. The zero-order chi connectivity index (χ0) is 9.90. The topological polar surface area (TPSA) is 23.5 Å². The summed E-state index contributed by atoms with van der Waals surface area (Å²) in [7, 11) is 2.21. The summed E-state index contributed by atoms with van der Waals surface area (Å²) >= 11 is 0. The Labute approximate surface area is 81.9 Å². The molecule has 0 aromatic carbocycles. The zero-order valence-electron chi connectivity index (χ0n) is 9.21. The molecule has 0 amide bonds. The van der Waals surface area contributed by atoms with Gasteiger partial charge in [-0.25, -0.2) is 0 Å². The van der Waals surface area contributed by atoms with Crippen LogP contribution in [0.5, 0.6) is 0 Å². The van der Waals surface area contributed by atoms with Crippen molar-refractivity contribution in [1.82, 2.24) is 4.90 Å². The lowest BCUT2D eigenvalue weighted by Crippen LogP contribution is -2.51. The average Bonchev–Trinajstić information content (AvgIpc) is 2.03. The van der Waals surface area contributed by atoms with Crippen LogP contribution in [0.1, 0.15) is 39.5 Å². The van der Waals surface area contributed by atoms with E-state index < -0.39 is 0 Å². The molecule has 0 aliphatic heterocycles. The number of hydrogen-bond acceptors (Lipinski definition) is 2. The van der Waals surface area contributed by atoms with Crippen molar-refractivity contribution in [2.75, 3.05) is 20.2 Å². The van der Waals surface area contributed by atoms with E-state index in [1.165, 1.54) is 12.8 Å². The predicted octanol–water partition coefficient (Wildman–Crippen LogP) is 1.88. The molecule has 0 heterocycles. The van der Waals surface area contributed by atoms with Crippen molar-refractivity contribution in [3.05, 3.63) is 0 Å². The van der Waals surface area contributed by atoms with Crippen LogP contribution in [0.2, 0.25) is 0 Å². The summed E-state index contributed by atoms with van der Waals surface area (Å²) in [5, 5.41) is 8.67. The smallest absolute Gasteiger partial charge is 0.0431 e. The van der Waals surface area contributed by atoms with Crippen LogP contribution in [0.3, 0.4) is 0 Å². The molecule has 1 fully saturated rings. The summed E-state index contributed by atoms with van der Waals surface area (Å²) in [6.07, 6.45) is 4.78. The molecule has 1 aliphatic rings. The molecule has 1 atom stereocenters. The van der Waals surface area contributed by atoms with Crippen LogP contribution in [-0.2, 0) is 0 Å². The average molecular weight is 185 g/mol. The molecular formula is C11H23NO. The maximum atomic E-state index is 8.67. The maximum absolute atomic E-state index is 8.67. The van der Waals surface area contributed by atoms with Crippen molar-refractivity contribution in [1.29, 1.82) is 0 Å². The van der Waals surface area contributed by atoms with Gasteiger partial charge in [0, 0.05) is 12.6 Å². The van der Waals surface area contributed by atoms with Crippen LogP contribution < -0.4 is 0 Å². The van der Waals surface area contributed by atoms with Gasteiger partial charge in [-0.1, -0.05) is 13.8 Å². The Kier molecular flexibility index (Phi) is 3.74. The summed E-state index contributed by atoms with van der Waals surface area (Å²) in [6, 6.07) is 0.770. The molecule has 2 heteroatoms. The van der Waals surface area contributed by atoms with E-state index in [1.54, 1.807) is 0 Å². The molecule has 0 saturated heterocycles. The molecular weight excluding hydrogens is 162 g/mol. The third-order valence-electron chi connectivity index (χ3n) is 3.42. The van der Waals surface area contributed by atoms with Gasteiger partial charge in [-0.15, -0.1) is 0 Å².